The molecule has 1 heterocycles. The third-order valence-electron chi connectivity index (χ3n) is 2.06. The number of carbonyl (C=O) groups is 1. The Labute approximate surface area is 75.8 Å². The molecule has 2 N–H and O–H groups in total. The van der Waals surface area contributed by atoms with Gasteiger partial charge < -0.3 is 10.3 Å². The molecule has 66 valence electrons. The van der Waals surface area contributed by atoms with Gasteiger partial charge in [-0.25, -0.2) is 0 Å². The lowest BCUT2D eigenvalue weighted by Gasteiger charge is -1.95. The molecule has 3 nitrogen and oxygen atoms in total. The fourth-order valence-corrected chi connectivity index (χ4v) is 1.39. The van der Waals surface area contributed by atoms with Crippen LogP contribution in [0.2, 0.25) is 0 Å². The van der Waals surface area contributed by atoms with Gasteiger partial charge in [-0.3, -0.25) is 4.79 Å². The molecule has 0 aliphatic heterocycles. The highest BCUT2D eigenvalue weighted by Crippen LogP contribution is 2.16. The molecule has 2 aromatic rings. The maximum Gasteiger partial charge on any atom is 0.253 e. The molecule has 1 amide bonds. The highest BCUT2D eigenvalue weighted by molar-refractivity contribution is 6.06. The van der Waals surface area contributed by atoms with Crippen LogP contribution in [0, 0.1) is 0 Å². The number of hydrogen-bond donors (Lipinski definition) is 2. The number of aromatic amines is 1. The zero-order valence-corrected chi connectivity index (χ0v) is 7.29. The van der Waals surface area contributed by atoms with Crippen molar-refractivity contribution in [1.29, 1.82) is 0 Å². The summed E-state index contributed by atoms with van der Waals surface area (Å²) in [6, 6.07) is 7.73. The van der Waals surface area contributed by atoms with Crippen LogP contribution in [0.4, 0.5) is 0 Å². The van der Waals surface area contributed by atoms with Gasteiger partial charge in [-0.1, -0.05) is 18.2 Å². The largest absolute Gasteiger partial charge is 0.360 e. The van der Waals surface area contributed by atoms with Gasteiger partial charge in [0.15, 0.2) is 0 Å². The normalized spacial score (nSPS) is 10.2. The Hall–Kier alpha value is -1.77. The number of benzene rings is 1. The summed E-state index contributed by atoms with van der Waals surface area (Å²) < 4.78 is 0. The number of hydrogen-bond acceptors (Lipinski definition) is 1. The van der Waals surface area contributed by atoms with E-state index in [0.717, 1.165) is 10.9 Å². The molecule has 0 aliphatic rings. The van der Waals surface area contributed by atoms with Gasteiger partial charge >= 0.3 is 0 Å². The first-order valence-electron chi connectivity index (χ1n) is 4.11. The number of H-pyrrole nitrogens is 1. The van der Waals surface area contributed by atoms with Crippen molar-refractivity contribution in [3.63, 3.8) is 0 Å². The van der Waals surface area contributed by atoms with Crippen LogP contribution in [-0.4, -0.2) is 17.9 Å². The number of rotatable bonds is 1. The van der Waals surface area contributed by atoms with Gasteiger partial charge in [-0.05, 0) is 6.07 Å². The SMILES string of the molecule is CNC(=O)c1c[nH]c2ccccc12. The summed E-state index contributed by atoms with van der Waals surface area (Å²) in [5, 5.41) is 3.56. The van der Waals surface area contributed by atoms with Crippen LogP contribution in [0.1, 0.15) is 10.4 Å². The van der Waals surface area contributed by atoms with E-state index in [1.165, 1.54) is 0 Å². The zero-order chi connectivity index (χ0) is 9.26. The lowest BCUT2D eigenvalue weighted by atomic mass is 10.2. The van der Waals surface area contributed by atoms with E-state index in [9.17, 15) is 4.79 Å². The van der Waals surface area contributed by atoms with Crippen LogP contribution in [0.3, 0.4) is 0 Å². The molecule has 0 radical (unpaired) electrons. The maximum absolute atomic E-state index is 11.4. The highest BCUT2D eigenvalue weighted by Gasteiger charge is 2.08. The van der Waals surface area contributed by atoms with E-state index in [1.807, 2.05) is 24.3 Å². The first kappa shape index (κ1) is 7.86. The van der Waals surface area contributed by atoms with Crippen LogP contribution >= 0.6 is 0 Å². The number of carbonyl (C=O) groups excluding carboxylic acids is 1. The van der Waals surface area contributed by atoms with Crippen molar-refractivity contribution in [2.45, 2.75) is 0 Å². The van der Waals surface area contributed by atoms with E-state index in [2.05, 4.69) is 10.3 Å². The molecular formula is C10H10N2O. The van der Waals surface area contributed by atoms with Crippen molar-refractivity contribution < 1.29 is 4.79 Å². The Morgan fingerprint density at radius 3 is 2.92 bits per heavy atom. The van der Waals surface area contributed by atoms with Crippen molar-refractivity contribution in [3.8, 4) is 0 Å². The molecule has 1 aromatic heterocycles. The topological polar surface area (TPSA) is 44.9 Å². The molecule has 0 saturated carbocycles. The van der Waals surface area contributed by atoms with Gasteiger partial charge in [0.05, 0.1) is 5.56 Å². The average Bonchev–Trinajstić information content (AvgIpc) is 2.60. The van der Waals surface area contributed by atoms with E-state index in [-0.39, 0.29) is 5.91 Å². The van der Waals surface area contributed by atoms with Crippen LogP contribution in [0.25, 0.3) is 10.9 Å². The lowest BCUT2D eigenvalue weighted by Crippen LogP contribution is -2.17. The summed E-state index contributed by atoms with van der Waals surface area (Å²) in [5.74, 6) is -0.0579. The lowest BCUT2D eigenvalue weighted by molar-refractivity contribution is 0.0965. The van der Waals surface area contributed by atoms with Crippen LogP contribution in [-0.2, 0) is 0 Å². The Morgan fingerprint density at radius 2 is 2.15 bits per heavy atom. The second-order valence-corrected chi connectivity index (χ2v) is 2.83. The molecular weight excluding hydrogens is 164 g/mol. The van der Waals surface area contributed by atoms with E-state index in [0.29, 0.717) is 5.56 Å². The van der Waals surface area contributed by atoms with Crippen LogP contribution in [0.5, 0.6) is 0 Å². The Balaban J connectivity index is 2.64. The summed E-state index contributed by atoms with van der Waals surface area (Å²) in [7, 11) is 1.63. The Kier molecular flexibility index (Phi) is 1.77. The Bertz CT molecular complexity index is 445. The molecule has 0 atom stereocenters. The van der Waals surface area contributed by atoms with Gasteiger partial charge in [0, 0.05) is 24.1 Å². The minimum absolute atomic E-state index is 0.0579. The van der Waals surface area contributed by atoms with Gasteiger partial charge in [0.1, 0.15) is 0 Å². The predicted molar refractivity (Wildman–Crippen MR) is 51.7 cm³/mol. The summed E-state index contributed by atoms with van der Waals surface area (Å²) in [5.41, 5.74) is 1.68. The molecule has 3 heteroatoms. The molecule has 0 saturated heterocycles. The number of fused-ring (bicyclic) bond motifs is 1. The quantitative estimate of drug-likeness (QED) is 0.676. The fraction of sp³-hybridized carbons (Fsp3) is 0.100. The number of amides is 1. The molecule has 2 rings (SSSR count). The third-order valence-corrected chi connectivity index (χ3v) is 2.06. The van der Waals surface area contributed by atoms with Gasteiger partial charge in [0.25, 0.3) is 5.91 Å². The summed E-state index contributed by atoms with van der Waals surface area (Å²) in [6.45, 7) is 0. The van der Waals surface area contributed by atoms with Gasteiger partial charge in [-0.2, -0.15) is 0 Å². The zero-order valence-electron chi connectivity index (χ0n) is 7.29. The molecule has 0 fully saturated rings. The number of aromatic nitrogens is 1. The molecule has 0 spiro atoms. The second-order valence-electron chi connectivity index (χ2n) is 2.83. The maximum atomic E-state index is 11.4. The number of nitrogens with one attached hydrogen (secondary N) is 2. The minimum atomic E-state index is -0.0579. The molecule has 1 aromatic carbocycles. The molecule has 0 aliphatic carbocycles. The molecule has 0 bridgehead atoms. The standard InChI is InChI=1S/C10H10N2O/c1-11-10(13)8-6-12-9-5-3-2-4-7(8)9/h2-6,12H,1H3,(H,11,13). The van der Waals surface area contributed by atoms with E-state index < -0.39 is 0 Å². The highest BCUT2D eigenvalue weighted by atomic mass is 16.1. The van der Waals surface area contributed by atoms with Crippen molar-refractivity contribution in [1.82, 2.24) is 10.3 Å². The van der Waals surface area contributed by atoms with Crippen molar-refractivity contribution in [3.05, 3.63) is 36.0 Å². The first-order valence-corrected chi connectivity index (χ1v) is 4.11. The van der Waals surface area contributed by atoms with E-state index in [4.69, 9.17) is 0 Å². The van der Waals surface area contributed by atoms with E-state index >= 15 is 0 Å². The summed E-state index contributed by atoms with van der Waals surface area (Å²) >= 11 is 0. The monoisotopic (exact) mass is 174 g/mol. The van der Waals surface area contributed by atoms with Crippen molar-refractivity contribution >= 4 is 16.8 Å². The first-order chi connectivity index (χ1) is 6.33. The van der Waals surface area contributed by atoms with E-state index in [1.54, 1.807) is 13.2 Å². The Morgan fingerprint density at radius 1 is 1.38 bits per heavy atom. The average molecular weight is 174 g/mol. The number of para-hydroxylation sites is 1. The van der Waals surface area contributed by atoms with Crippen LogP contribution < -0.4 is 5.32 Å². The van der Waals surface area contributed by atoms with Crippen molar-refractivity contribution in [2.24, 2.45) is 0 Å². The third kappa shape index (κ3) is 1.18. The van der Waals surface area contributed by atoms with Gasteiger partial charge in [0.2, 0.25) is 0 Å². The van der Waals surface area contributed by atoms with Crippen LogP contribution in [0.15, 0.2) is 30.5 Å². The fourth-order valence-electron chi connectivity index (χ4n) is 1.39. The van der Waals surface area contributed by atoms with Gasteiger partial charge in [-0.15, -0.1) is 0 Å². The second kappa shape index (κ2) is 2.94. The smallest absolute Gasteiger partial charge is 0.253 e. The molecule has 0 unspecified atom stereocenters. The summed E-state index contributed by atoms with van der Waals surface area (Å²) in [6.07, 6.45) is 1.73. The summed E-state index contributed by atoms with van der Waals surface area (Å²) in [4.78, 5) is 14.4. The minimum Gasteiger partial charge on any atom is -0.360 e. The van der Waals surface area contributed by atoms with Crippen molar-refractivity contribution in [2.75, 3.05) is 7.05 Å². The molecule has 13 heavy (non-hydrogen) atoms. The predicted octanol–water partition coefficient (Wildman–Crippen LogP) is 1.53.